The molecule has 11 rings (SSSR count). The second-order valence-corrected chi connectivity index (χ2v) is 14.0. The molecule has 0 fully saturated rings. The maximum absolute atomic E-state index is 12.0. The standard InChI is InChI=1S/C49H31N3O3/c1-29-12-11-15-31(24-29)32-27-39(35-21-22-43-45(48(35)53)36-17-6-8-19-42(36)54-43)50-40(28-32)38-26-33(25-37-34-16-5-7-18-41(34)55-49(37)38)46-47(30-13-3-2-4-14-30)52-23-10-9-20-44(52)51-46/h2-28,53H,1H3. The van der Waals surface area contributed by atoms with Crippen LogP contribution in [-0.4, -0.2) is 19.5 Å². The Morgan fingerprint density at radius 2 is 1.24 bits per heavy atom. The number of aryl methyl sites for hydroxylation is 1. The predicted octanol–water partition coefficient (Wildman–Crippen LogP) is 12.9. The number of aromatic hydroxyl groups is 1. The van der Waals surface area contributed by atoms with Crippen molar-refractivity contribution in [2.24, 2.45) is 0 Å². The van der Waals surface area contributed by atoms with Crippen molar-refractivity contribution in [2.45, 2.75) is 6.92 Å². The fraction of sp³-hybridized carbons (Fsp3) is 0.0204. The normalized spacial score (nSPS) is 11.8. The number of benzene rings is 6. The molecule has 0 amide bonds. The summed E-state index contributed by atoms with van der Waals surface area (Å²) < 4.78 is 15.0. The van der Waals surface area contributed by atoms with Crippen molar-refractivity contribution in [1.29, 1.82) is 0 Å². The van der Waals surface area contributed by atoms with Gasteiger partial charge in [-0.05, 0) is 78.7 Å². The molecule has 0 spiro atoms. The van der Waals surface area contributed by atoms with Gasteiger partial charge in [-0.15, -0.1) is 0 Å². The molecule has 6 nitrogen and oxygen atoms in total. The second-order valence-electron chi connectivity index (χ2n) is 14.0. The van der Waals surface area contributed by atoms with Gasteiger partial charge in [-0.2, -0.15) is 0 Å². The summed E-state index contributed by atoms with van der Waals surface area (Å²) in [6, 6.07) is 53.1. The number of nitrogens with zero attached hydrogens (tertiary/aromatic N) is 3. The second kappa shape index (κ2) is 12.0. The molecular weight excluding hydrogens is 679 g/mol. The van der Waals surface area contributed by atoms with Gasteiger partial charge in [0, 0.05) is 44.6 Å². The number of imidazole rings is 1. The van der Waals surface area contributed by atoms with E-state index in [0.717, 1.165) is 83.3 Å². The first-order valence-corrected chi connectivity index (χ1v) is 18.3. The van der Waals surface area contributed by atoms with E-state index in [2.05, 4.69) is 96.4 Å². The minimum absolute atomic E-state index is 0.127. The molecule has 1 N–H and O–H groups in total. The Bertz CT molecular complexity index is 3300. The SMILES string of the molecule is Cc1cccc(-c2cc(-c3ccc4oc5ccccc5c4c3O)nc(-c3cc(-c4nc5ccccn5c4-c4ccccc4)cc4c3oc3ccccc34)c2)c1. The van der Waals surface area contributed by atoms with Crippen molar-refractivity contribution in [3.8, 4) is 61.9 Å². The monoisotopic (exact) mass is 709 g/mol. The number of rotatable bonds is 5. The van der Waals surface area contributed by atoms with Gasteiger partial charge in [0.15, 0.2) is 0 Å². The molecule has 0 aliphatic heterocycles. The number of phenols is 1. The van der Waals surface area contributed by atoms with E-state index in [1.165, 1.54) is 0 Å². The quantitative estimate of drug-likeness (QED) is 0.192. The number of furan rings is 2. The van der Waals surface area contributed by atoms with Gasteiger partial charge in [0.25, 0.3) is 0 Å². The van der Waals surface area contributed by atoms with E-state index in [-0.39, 0.29) is 5.75 Å². The minimum Gasteiger partial charge on any atom is -0.506 e. The van der Waals surface area contributed by atoms with Gasteiger partial charge >= 0.3 is 0 Å². The van der Waals surface area contributed by atoms with Crippen LogP contribution in [0.3, 0.4) is 0 Å². The summed E-state index contributed by atoms with van der Waals surface area (Å²) in [5, 5.41) is 15.5. The maximum Gasteiger partial charge on any atom is 0.144 e. The molecule has 0 aliphatic carbocycles. The number of fused-ring (bicyclic) bond motifs is 7. The molecule has 0 saturated carbocycles. The summed E-state index contributed by atoms with van der Waals surface area (Å²) >= 11 is 0. The van der Waals surface area contributed by atoms with Gasteiger partial charge in [-0.3, -0.25) is 4.40 Å². The Morgan fingerprint density at radius 3 is 2.07 bits per heavy atom. The summed E-state index contributed by atoms with van der Waals surface area (Å²) in [7, 11) is 0. The molecule has 0 radical (unpaired) electrons. The smallest absolute Gasteiger partial charge is 0.144 e. The highest BCUT2D eigenvalue weighted by Crippen LogP contribution is 2.45. The minimum atomic E-state index is 0.127. The van der Waals surface area contributed by atoms with E-state index in [9.17, 15) is 5.11 Å². The van der Waals surface area contributed by atoms with Crippen LogP contribution in [0.15, 0.2) is 173 Å². The van der Waals surface area contributed by atoms with Crippen LogP contribution in [0, 0.1) is 6.92 Å². The fourth-order valence-corrected chi connectivity index (χ4v) is 8.03. The van der Waals surface area contributed by atoms with Crippen molar-refractivity contribution in [2.75, 3.05) is 0 Å². The van der Waals surface area contributed by atoms with Crippen molar-refractivity contribution in [3.05, 3.63) is 169 Å². The van der Waals surface area contributed by atoms with Crippen LogP contribution in [0.2, 0.25) is 0 Å². The maximum atomic E-state index is 12.0. The van der Waals surface area contributed by atoms with Crippen molar-refractivity contribution in [1.82, 2.24) is 14.4 Å². The molecule has 11 aromatic rings. The molecule has 0 saturated heterocycles. The Morgan fingerprint density at radius 1 is 0.509 bits per heavy atom. The number of hydrogen-bond donors (Lipinski definition) is 1. The summed E-state index contributed by atoms with van der Waals surface area (Å²) in [6.45, 7) is 2.09. The van der Waals surface area contributed by atoms with Gasteiger partial charge in [0.2, 0.25) is 0 Å². The van der Waals surface area contributed by atoms with Gasteiger partial charge in [-0.1, -0.05) is 103 Å². The van der Waals surface area contributed by atoms with Gasteiger partial charge < -0.3 is 13.9 Å². The van der Waals surface area contributed by atoms with Gasteiger partial charge in [0.05, 0.1) is 28.2 Å². The molecule has 6 aromatic carbocycles. The first kappa shape index (κ1) is 31.1. The Hall–Kier alpha value is -7.44. The number of para-hydroxylation sites is 2. The zero-order valence-electron chi connectivity index (χ0n) is 29.7. The molecule has 55 heavy (non-hydrogen) atoms. The first-order valence-electron chi connectivity index (χ1n) is 18.3. The third-order valence-corrected chi connectivity index (χ3v) is 10.6. The summed E-state index contributed by atoms with van der Waals surface area (Å²) in [5.41, 5.74) is 13.5. The first-order chi connectivity index (χ1) is 27.1. The fourth-order valence-electron chi connectivity index (χ4n) is 8.03. The third kappa shape index (κ3) is 4.96. The lowest BCUT2D eigenvalue weighted by molar-refractivity contribution is 0.483. The Balaban J connectivity index is 1.22. The molecule has 260 valence electrons. The van der Waals surface area contributed by atoms with Crippen LogP contribution in [0.1, 0.15) is 5.56 Å². The molecule has 0 unspecified atom stereocenters. The highest BCUT2D eigenvalue weighted by molar-refractivity contribution is 6.12. The van der Waals surface area contributed by atoms with E-state index in [1.807, 2.05) is 78.9 Å². The van der Waals surface area contributed by atoms with E-state index < -0.39 is 0 Å². The van der Waals surface area contributed by atoms with Crippen LogP contribution in [0.25, 0.3) is 106 Å². The Kier molecular flexibility index (Phi) is 6.82. The molecule has 0 aliphatic rings. The van der Waals surface area contributed by atoms with Crippen LogP contribution >= 0.6 is 0 Å². The van der Waals surface area contributed by atoms with E-state index in [0.29, 0.717) is 27.9 Å². The Labute approximate surface area is 315 Å². The average molecular weight is 710 g/mol. The number of phenolic OH excluding ortho intramolecular Hbond substituents is 1. The van der Waals surface area contributed by atoms with Crippen molar-refractivity contribution >= 4 is 49.5 Å². The van der Waals surface area contributed by atoms with Crippen LogP contribution in [0.5, 0.6) is 5.75 Å². The molecule has 5 heterocycles. The molecule has 0 bridgehead atoms. The number of hydrogen-bond acceptors (Lipinski definition) is 5. The highest BCUT2D eigenvalue weighted by Gasteiger charge is 2.23. The highest BCUT2D eigenvalue weighted by atomic mass is 16.3. The van der Waals surface area contributed by atoms with Crippen LogP contribution in [0.4, 0.5) is 0 Å². The largest absolute Gasteiger partial charge is 0.506 e. The average Bonchev–Trinajstić information content (AvgIpc) is 3.93. The summed E-state index contributed by atoms with van der Waals surface area (Å²) in [6.07, 6.45) is 2.06. The van der Waals surface area contributed by atoms with Crippen molar-refractivity contribution < 1.29 is 13.9 Å². The third-order valence-electron chi connectivity index (χ3n) is 10.6. The van der Waals surface area contributed by atoms with Crippen LogP contribution in [-0.2, 0) is 0 Å². The zero-order valence-corrected chi connectivity index (χ0v) is 29.7. The van der Waals surface area contributed by atoms with E-state index in [1.54, 1.807) is 0 Å². The zero-order chi connectivity index (χ0) is 36.6. The lowest BCUT2D eigenvalue weighted by atomic mass is 9.95. The van der Waals surface area contributed by atoms with Crippen LogP contribution < -0.4 is 0 Å². The predicted molar refractivity (Wildman–Crippen MR) is 221 cm³/mol. The number of aromatic nitrogens is 3. The molecule has 6 heteroatoms. The van der Waals surface area contributed by atoms with Gasteiger partial charge in [0.1, 0.15) is 33.7 Å². The number of pyridine rings is 2. The molecule has 0 atom stereocenters. The lowest BCUT2D eigenvalue weighted by Gasteiger charge is -2.13. The summed E-state index contributed by atoms with van der Waals surface area (Å²) in [4.78, 5) is 10.6. The lowest BCUT2D eigenvalue weighted by Crippen LogP contribution is -1.94. The van der Waals surface area contributed by atoms with E-state index >= 15 is 0 Å². The van der Waals surface area contributed by atoms with Gasteiger partial charge in [-0.25, -0.2) is 9.97 Å². The van der Waals surface area contributed by atoms with E-state index in [4.69, 9.17) is 18.8 Å². The molecule has 5 aromatic heterocycles. The topological polar surface area (TPSA) is 76.7 Å². The molecular formula is C49H31N3O3. The van der Waals surface area contributed by atoms with Crippen molar-refractivity contribution in [3.63, 3.8) is 0 Å². The summed E-state index contributed by atoms with van der Waals surface area (Å²) in [5.74, 6) is 0.127.